The van der Waals surface area contributed by atoms with Crippen LogP contribution in [-0.4, -0.2) is 4.99 Å². The molecule has 1 heterocycles. The summed E-state index contributed by atoms with van der Waals surface area (Å²) in [7, 11) is 0. The summed E-state index contributed by atoms with van der Waals surface area (Å²) >= 11 is 5.75. The van der Waals surface area contributed by atoms with Crippen LogP contribution in [0.15, 0.2) is 72.8 Å². The zero-order valence-corrected chi connectivity index (χ0v) is 15.9. The van der Waals surface area contributed by atoms with Crippen molar-refractivity contribution in [1.82, 2.24) is 0 Å². The van der Waals surface area contributed by atoms with E-state index in [1.165, 1.54) is 33.4 Å². The fraction of sp³-hybridized carbons (Fsp3) is 0.125. The molecule has 0 unspecified atom stereocenters. The standard InChI is InChI=1S/C24H21NS/c1-16-12-13-17(2)20(14-16)21(15-18-8-4-3-5-9-18)23-19-10-6-7-11-22(19)25-24(23)26/h3-14H,15H2,1-2H3,(H,25,26)/b23-21+. The summed E-state index contributed by atoms with van der Waals surface area (Å²) in [6.07, 6.45) is 0.858. The summed E-state index contributed by atoms with van der Waals surface area (Å²) < 4.78 is 0. The molecule has 0 aromatic heterocycles. The molecule has 0 bridgehead atoms. The number of aryl methyl sites for hydroxylation is 2. The Morgan fingerprint density at radius 2 is 1.62 bits per heavy atom. The highest BCUT2D eigenvalue weighted by Crippen LogP contribution is 2.39. The highest BCUT2D eigenvalue weighted by Gasteiger charge is 2.25. The zero-order valence-electron chi connectivity index (χ0n) is 15.0. The second-order valence-electron chi connectivity index (χ2n) is 6.83. The molecule has 4 rings (SSSR count). The molecule has 0 radical (unpaired) electrons. The number of hydrogen-bond donors (Lipinski definition) is 1. The third-order valence-corrected chi connectivity index (χ3v) is 5.22. The third-order valence-electron chi connectivity index (χ3n) is 4.92. The Labute approximate surface area is 160 Å². The largest absolute Gasteiger partial charge is 0.346 e. The summed E-state index contributed by atoms with van der Waals surface area (Å²) in [6, 6.07) is 25.7. The monoisotopic (exact) mass is 355 g/mol. The van der Waals surface area contributed by atoms with Crippen LogP contribution in [0, 0.1) is 13.8 Å². The van der Waals surface area contributed by atoms with Gasteiger partial charge in [-0.2, -0.15) is 0 Å². The summed E-state index contributed by atoms with van der Waals surface area (Å²) in [5.41, 5.74) is 9.87. The van der Waals surface area contributed by atoms with Crippen molar-refractivity contribution in [3.63, 3.8) is 0 Å². The average Bonchev–Trinajstić information content (AvgIpc) is 2.98. The maximum atomic E-state index is 5.75. The molecule has 0 atom stereocenters. The molecule has 2 heteroatoms. The van der Waals surface area contributed by atoms with Gasteiger partial charge in [-0.3, -0.25) is 0 Å². The summed E-state index contributed by atoms with van der Waals surface area (Å²) in [5, 5.41) is 3.39. The van der Waals surface area contributed by atoms with E-state index in [1.807, 2.05) is 6.07 Å². The first kappa shape index (κ1) is 16.7. The Morgan fingerprint density at radius 1 is 0.885 bits per heavy atom. The van der Waals surface area contributed by atoms with Crippen molar-refractivity contribution in [2.75, 3.05) is 5.32 Å². The van der Waals surface area contributed by atoms with E-state index in [1.54, 1.807) is 0 Å². The summed E-state index contributed by atoms with van der Waals surface area (Å²) in [5.74, 6) is 0. The highest BCUT2D eigenvalue weighted by atomic mass is 32.1. The highest BCUT2D eigenvalue weighted by molar-refractivity contribution is 7.81. The van der Waals surface area contributed by atoms with Gasteiger partial charge in [0.05, 0.1) is 0 Å². The van der Waals surface area contributed by atoms with Crippen LogP contribution in [0.4, 0.5) is 5.69 Å². The Kier molecular flexibility index (Phi) is 4.44. The molecule has 0 spiro atoms. The molecule has 1 N–H and O–H groups in total. The van der Waals surface area contributed by atoms with Crippen molar-refractivity contribution in [2.24, 2.45) is 0 Å². The summed E-state index contributed by atoms with van der Waals surface area (Å²) in [4.78, 5) is 0.818. The van der Waals surface area contributed by atoms with Gasteiger partial charge in [-0.1, -0.05) is 84.5 Å². The Balaban J connectivity index is 1.97. The van der Waals surface area contributed by atoms with Crippen LogP contribution in [0.5, 0.6) is 0 Å². The topological polar surface area (TPSA) is 12.0 Å². The molecule has 1 nitrogen and oxygen atoms in total. The molecule has 0 amide bonds. The normalized spacial score (nSPS) is 14.8. The number of fused-ring (bicyclic) bond motifs is 1. The maximum Gasteiger partial charge on any atom is 0.112 e. The van der Waals surface area contributed by atoms with E-state index < -0.39 is 0 Å². The number of para-hydroxylation sites is 1. The number of benzene rings is 3. The van der Waals surface area contributed by atoms with E-state index >= 15 is 0 Å². The van der Waals surface area contributed by atoms with E-state index in [-0.39, 0.29) is 0 Å². The van der Waals surface area contributed by atoms with Gasteiger partial charge in [-0.15, -0.1) is 0 Å². The molecular formula is C24H21NS. The lowest BCUT2D eigenvalue weighted by Gasteiger charge is -2.16. The number of rotatable bonds is 3. The van der Waals surface area contributed by atoms with E-state index in [0.29, 0.717) is 0 Å². The minimum atomic E-state index is 0.818. The van der Waals surface area contributed by atoms with Gasteiger partial charge >= 0.3 is 0 Å². The minimum Gasteiger partial charge on any atom is -0.346 e. The predicted octanol–water partition coefficient (Wildman–Crippen LogP) is 6.21. The first-order valence-electron chi connectivity index (χ1n) is 8.89. The number of nitrogens with one attached hydrogen (secondary N) is 1. The van der Waals surface area contributed by atoms with Crippen LogP contribution in [0.1, 0.15) is 27.8 Å². The second kappa shape index (κ2) is 6.89. The van der Waals surface area contributed by atoms with Crippen LogP contribution < -0.4 is 5.32 Å². The lowest BCUT2D eigenvalue weighted by atomic mass is 9.88. The Hall–Kier alpha value is -2.71. The van der Waals surface area contributed by atoms with Crippen LogP contribution in [0.25, 0.3) is 11.1 Å². The van der Waals surface area contributed by atoms with Crippen molar-refractivity contribution >= 4 is 34.0 Å². The SMILES string of the molecule is Cc1ccc(C)c(/C(Cc2ccccc2)=C2/C(=S)Nc3ccccc32)c1. The maximum absolute atomic E-state index is 5.75. The quantitative estimate of drug-likeness (QED) is 0.443. The molecule has 1 aliphatic rings. The number of anilines is 1. The molecule has 0 fully saturated rings. The fourth-order valence-electron chi connectivity index (χ4n) is 3.60. The van der Waals surface area contributed by atoms with E-state index in [9.17, 15) is 0 Å². The molecule has 26 heavy (non-hydrogen) atoms. The van der Waals surface area contributed by atoms with Crippen molar-refractivity contribution in [2.45, 2.75) is 20.3 Å². The molecule has 0 saturated carbocycles. The van der Waals surface area contributed by atoms with E-state index in [2.05, 4.69) is 85.9 Å². The molecule has 0 saturated heterocycles. The lowest BCUT2D eigenvalue weighted by Crippen LogP contribution is -2.06. The van der Waals surface area contributed by atoms with Crippen molar-refractivity contribution in [1.29, 1.82) is 0 Å². The van der Waals surface area contributed by atoms with E-state index in [4.69, 9.17) is 12.2 Å². The van der Waals surface area contributed by atoms with Crippen LogP contribution in [0.3, 0.4) is 0 Å². The van der Waals surface area contributed by atoms with Gasteiger partial charge in [0.15, 0.2) is 0 Å². The van der Waals surface area contributed by atoms with Crippen molar-refractivity contribution in [3.8, 4) is 0 Å². The van der Waals surface area contributed by atoms with Gasteiger partial charge in [-0.05, 0) is 48.6 Å². The summed E-state index contributed by atoms with van der Waals surface area (Å²) in [6.45, 7) is 4.32. The van der Waals surface area contributed by atoms with Crippen molar-refractivity contribution < 1.29 is 0 Å². The Bertz CT molecular complexity index is 1020. The smallest absolute Gasteiger partial charge is 0.112 e. The average molecular weight is 356 g/mol. The zero-order chi connectivity index (χ0) is 18.1. The molecule has 128 valence electrons. The number of allylic oxidation sites excluding steroid dienone is 1. The van der Waals surface area contributed by atoms with Crippen LogP contribution >= 0.6 is 12.2 Å². The predicted molar refractivity (Wildman–Crippen MR) is 116 cm³/mol. The Morgan fingerprint density at radius 3 is 2.42 bits per heavy atom. The van der Waals surface area contributed by atoms with Crippen molar-refractivity contribution in [3.05, 3.63) is 101 Å². The van der Waals surface area contributed by atoms with Crippen LogP contribution in [-0.2, 0) is 6.42 Å². The van der Waals surface area contributed by atoms with Gasteiger partial charge in [-0.25, -0.2) is 0 Å². The molecular weight excluding hydrogens is 334 g/mol. The van der Waals surface area contributed by atoms with Gasteiger partial charge < -0.3 is 5.32 Å². The van der Waals surface area contributed by atoms with Gasteiger partial charge in [0.25, 0.3) is 0 Å². The third kappa shape index (κ3) is 3.09. The second-order valence-corrected chi connectivity index (χ2v) is 7.24. The van der Waals surface area contributed by atoms with Gasteiger partial charge in [0, 0.05) is 16.8 Å². The minimum absolute atomic E-state index is 0.818. The molecule has 3 aromatic carbocycles. The molecule has 1 aliphatic heterocycles. The lowest BCUT2D eigenvalue weighted by molar-refractivity contribution is 1.26. The number of thiocarbonyl (C=S) groups is 1. The van der Waals surface area contributed by atoms with Gasteiger partial charge in [0.2, 0.25) is 0 Å². The van der Waals surface area contributed by atoms with Gasteiger partial charge in [0.1, 0.15) is 4.99 Å². The first-order valence-corrected chi connectivity index (χ1v) is 9.30. The fourth-order valence-corrected chi connectivity index (χ4v) is 3.94. The number of hydrogen-bond acceptors (Lipinski definition) is 1. The first-order chi connectivity index (χ1) is 12.6. The molecule has 3 aromatic rings. The van der Waals surface area contributed by atoms with Crippen LogP contribution in [0.2, 0.25) is 0 Å². The van der Waals surface area contributed by atoms with E-state index in [0.717, 1.165) is 22.7 Å². The molecule has 0 aliphatic carbocycles.